The predicted molar refractivity (Wildman–Crippen MR) is 90.4 cm³/mol. The summed E-state index contributed by atoms with van der Waals surface area (Å²) in [5.74, 6) is -0.270. The summed E-state index contributed by atoms with van der Waals surface area (Å²) in [5.41, 5.74) is 1.37. The first kappa shape index (κ1) is 17.0. The number of nitrogens with one attached hydrogen (secondary N) is 2. The van der Waals surface area contributed by atoms with Crippen LogP contribution in [0.4, 0.5) is 0 Å². The van der Waals surface area contributed by atoms with Crippen LogP contribution in [0.25, 0.3) is 0 Å². The zero-order chi connectivity index (χ0) is 18.3. The highest BCUT2D eigenvalue weighted by Gasteiger charge is 2.39. The molecule has 4 rings (SSSR count). The van der Waals surface area contributed by atoms with Crippen molar-refractivity contribution in [2.75, 3.05) is 13.1 Å². The molecule has 3 aliphatic heterocycles. The molecule has 3 atom stereocenters. The van der Waals surface area contributed by atoms with Gasteiger partial charge in [-0.2, -0.15) is 0 Å². The molecular formula is C18H21N3O5. The molecule has 1 aromatic rings. The van der Waals surface area contributed by atoms with Gasteiger partial charge in [0.2, 0.25) is 11.8 Å². The van der Waals surface area contributed by atoms with E-state index in [9.17, 15) is 19.5 Å². The first-order chi connectivity index (χ1) is 12.5. The van der Waals surface area contributed by atoms with Gasteiger partial charge in [0.1, 0.15) is 17.9 Å². The number of nitrogens with zero attached hydrogens (tertiary/aromatic N) is 1. The van der Waals surface area contributed by atoms with E-state index in [-0.39, 0.29) is 24.3 Å². The third-order valence-electron chi connectivity index (χ3n) is 5.08. The minimum absolute atomic E-state index is 0.125. The molecule has 26 heavy (non-hydrogen) atoms. The molecule has 0 aromatic heterocycles. The summed E-state index contributed by atoms with van der Waals surface area (Å²) >= 11 is 0. The van der Waals surface area contributed by atoms with Crippen molar-refractivity contribution in [3.63, 3.8) is 0 Å². The Morgan fingerprint density at radius 1 is 1.19 bits per heavy atom. The minimum atomic E-state index is -0.616. The maximum absolute atomic E-state index is 12.6. The van der Waals surface area contributed by atoms with Gasteiger partial charge in [0, 0.05) is 38.0 Å². The maximum atomic E-state index is 12.6. The van der Waals surface area contributed by atoms with Gasteiger partial charge in [0.05, 0.1) is 6.10 Å². The molecule has 8 nitrogen and oxygen atoms in total. The van der Waals surface area contributed by atoms with Crippen LogP contribution in [-0.4, -0.2) is 59.1 Å². The second kappa shape index (κ2) is 6.69. The second-order valence-electron chi connectivity index (χ2n) is 7.01. The Morgan fingerprint density at radius 2 is 2.04 bits per heavy atom. The Hall–Kier alpha value is -2.45. The molecule has 0 bridgehead atoms. The van der Waals surface area contributed by atoms with Crippen molar-refractivity contribution in [3.05, 3.63) is 29.3 Å². The van der Waals surface area contributed by atoms with Crippen LogP contribution in [-0.2, 0) is 16.1 Å². The standard InChI is InChI=1S/C18H21N3O5/c22-11-6-13(8-19-7-11)26-12-1-2-14-10(5-12)9-21(18(14)25)15-3-4-16(23)20-17(15)24/h1-2,5,11,13,15,19,22H,3-4,6-9H2,(H,20,23,24)/t11-,13-,15?/m1/s1. The van der Waals surface area contributed by atoms with Crippen molar-refractivity contribution in [2.24, 2.45) is 0 Å². The minimum Gasteiger partial charge on any atom is -0.489 e. The fourth-order valence-corrected chi connectivity index (χ4v) is 3.79. The maximum Gasteiger partial charge on any atom is 0.255 e. The van der Waals surface area contributed by atoms with Crippen LogP contribution in [0, 0.1) is 0 Å². The quantitative estimate of drug-likeness (QED) is 0.631. The summed E-state index contributed by atoms with van der Waals surface area (Å²) in [4.78, 5) is 37.5. The molecule has 3 heterocycles. The first-order valence-corrected chi connectivity index (χ1v) is 8.84. The number of hydrogen-bond acceptors (Lipinski definition) is 6. The van der Waals surface area contributed by atoms with Gasteiger partial charge in [-0.3, -0.25) is 19.7 Å². The number of β-amino-alcohol motifs (C(OH)–C–C–N with tert-alkyl or cyclic N) is 1. The van der Waals surface area contributed by atoms with Gasteiger partial charge in [0.15, 0.2) is 0 Å². The topological polar surface area (TPSA) is 108 Å². The average Bonchev–Trinajstić information content (AvgIpc) is 2.91. The summed E-state index contributed by atoms with van der Waals surface area (Å²) < 4.78 is 5.93. The van der Waals surface area contributed by atoms with E-state index in [2.05, 4.69) is 10.6 Å². The van der Waals surface area contributed by atoms with Gasteiger partial charge in [-0.1, -0.05) is 0 Å². The van der Waals surface area contributed by atoms with Crippen LogP contribution in [0.2, 0.25) is 0 Å². The number of fused-ring (bicyclic) bond motifs is 1. The van der Waals surface area contributed by atoms with Gasteiger partial charge in [-0.25, -0.2) is 0 Å². The van der Waals surface area contributed by atoms with Crippen LogP contribution < -0.4 is 15.4 Å². The molecule has 3 N–H and O–H groups in total. The molecule has 3 aliphatic rings. The lowest BCUT2D eigenvalue weighted by atomic mass is 10.0. The molecule has 0 spiro atoms. The summed E-state index contributed by atoms with van der Waals surface area (Å²) in [7, 11) is 0. The van der Waals surface area contributed by atoms with Crippen LogP contribution >= 0.6 is 0 Å². The van der Waals surface area contributed by atoms with Gasteiger partial charge < -0.3 is 20.1 Å². The van der Waals surface area contributed by atoms with Crippen molar-refractivity contribution in [1.29, 1.82) is 0 Å². The van der Waals surface area contributed by atoms with E-state index in [0.29, 0.717) is 43.8 Å². The number of imide groups is 1. The van der Waals surface area contributed by atoms with E-state index in [1.165, 1.54) is 4.90 Å². The Bertz CT molecular complexity index is 765. The van der Waals surface area contributed by atoms with Crippen LogP contribution in [0.1, 0.15) is 35.2 Å². The number of rotatable bonds is 3. The molecule has 0 aliphatic carbocycles. The molecule has 138 valence electrons. The molecule has 2 saturated heterocycles. The molecule has 3 amide bonds. The predicted octanol–water partition coefficient (Wildman–Crippen LogP) is -0.451. The summed E-state index contributed by atoms with van der Waals surface area (Å²) in [5, 5.41) is 15.1. The third kappa shape index (κ3) is 3.17. The summed E-state index contributed by atoms with van der Waals surface area (Å²) in [6.45, 7) is 1.55. The second-order valence-corrected chi connectivity index (χ2v) is 7.01. The number of ether oxygens (including phenoxy) is 1. The Balaban J connectivity index is 1.48. The molecule has 2 fully saturated rings. The van der Waals surface area contributed by atoms with Crippen molar-refractivity contribution in [3.8, 4) is 5.75 Å². The molecule has 8 heteroatoms. The zero-order valence-electron chi connectivity index (χ0n) is 14.2. The molecular weight excluding hydrogens is 338 g/mol. The average molecular weight is 359 g/mol. The molecule has 1 aromatic carbocycles. The fourth-order valence-electron chi connectivity index (χ4n) is 3.79. The fraction of sp³-hybridized carbons (Fsp3) is 0.500. The Morgan fingerprint density at radius 3 is 2.81 bits per heavy atom. The van der Waals surface area contributed by atoms with E-state index in [1.807, 2.05) is 6.07 Å². The number of aliphatic hydroxyl groups is 1. The van der Waals surface area contributed by atoms with Crippen molar-refractivity contribution >= 4 is 17.7 Å². The summed E-state index contributed by atoms with van der Waals surface area (Å²) in [6, 6.07) is 4.66. The number of aliphatic hydroxyl groups excluding tert-OH is 1. The lowest BCUT2D eigenvalue weighted by Crippen LogP contribution is -2.52. The number of hydrogen-bond donors (Lipinski definition) is 3. The number of carbonyl (C=O) groups excluding carboxylic acids is 3. The van der Waals surface area contributed by atoms with Crippen molar-refractivity contribution in [1.82, 2.24) is 15.5 Å². The highest BCUT2D eigenvalue weighted by atomic mass is 16.5. The van der Waals surface area contributed by atoms with Gasteiger partial charge in [-0.05, 0) is 30.2 Å². The normalized spacial score (nSPS) is 28.7. The van der Waals surface area contributed by atoms with Gasteiger partial charge >= 0.3 is 0 Å². The number of amides is 3. The van der Waals surface area contributed by atoms with Crippen LogP contribution in [0.3, 0.4) is 0 Å². The van der Waals surface area contributed by atoms with E-state index in [0.717, 1.165) is 5.56 Å². The highest BCUT2D eigenvalue weighted by molar-refractivity contribution is 6.05. The van der Waals surface area contributed by atoms with E-state index in [1.54, 1.807) is 12.1 Å². The SMILES string of the molecule is O=C1CCC(N2Cc3cc(O[C@H]4CNC[C@H](O)C4)ccc3C2=O)C(=O)N1. The molecule has 1 unspecified atom stereocenters. The summed E-state index contributed by atoms with van der Waals surface area (Å²) in [6.07, 6.45) is 0.597. The molecule has 0 saturated carbocycles. The highest BCUT2D eigenvalue weighted by Crippen LogP contribution is 2.30. The largest absolute Gasteiger partial charge is 0.489 e. The first-order valence-electron chi connectivity index (χ1n) is 8.84. The van der Waals surface area contributed by atoms with E-state index < -0.39 is 18.1 Å². The van der Waals surface area contributed by atoms with E-state index in [4.69, 9.17) is 4.74 Å². The number of carbonyl (C=O) groups is 3. The smallest absolute Gasteiger partial charge is 0.255 e. The van der Waals surface area contributed by atoms with Gasteiger partial charge in [0.25, 0.3) is 5.91 Å². The van der Waals surface area contributed by atoms with Crippen molar-refractivity contribution < 1.29 is 24.2 Å². The number of benzene rings is 1. The lowest BCUT2D eigenvalue weighted by molar-refractivity contribution is -0.136. The Labute approximate surface area is 150 Å². The lowest BCUT2D eigenvalue weighted by Gasteiger charge is -2.29. The molecule has 0 radical (unpaired) electrons. The van der Waals surface area contributed by atoms with Gasteiger partial charge in [-0.15, -0.1) is 0 Å². The van der Waals surface area contributed by atoms with E-state index >= 15 is 0 Å². The monoisotopic (exact) mass is 359 g/mol. The number of piperidine rings is 2. The van der Waals surface area contributed by atoms with Crippen LogP contribution in [0.5, 0.6) is 5.75 Å². The van der Waals surface area contributed by atoms with Crippen molar-refractivity contribution in [2.45, 2.75) is 44.1 Å². The Kier molecular flexibility index (Phi) is 4.37. The zero-order valence-corrected chi connectivity index (χ0v) is 14.2. The third-order valence-corrected chi connectivity index (χ3v) is 5.08. The van der Waals surface area contributed by atoms with Crippen LogP contribution in [0.15, 0.2) is 18.2 Å².